The number of nitrogens with zero attached hydrogens (tertiary/aromatic N) is 1. The molecule has 0 saturated heterocycles. The number of hydrogen-bond acceptors (Lipinski definition) is 3. The molecule has 4 N–H and O–H groups in total. The molecule has 1 rings (SSSR count). The molecule has 0 heterocycles. The molecule has 0 spiro atoms. The van der Waals surface area contributed by atoms with Gasteiger partial charge in [-0.15, -0.1) is 0 Å². The minimum absolute atomic E-state index is 0.103. The number of hydrogen-bond donors (Lipinski definition) is 2. The van der Waals surface area contributed by atoms with Crippen LogP contribution >= 0.6 is 12.2 Å². The van der Waals surface area contributed by atoms with Gasteiger partial charge in [0, 0.05) is 17.7 Å². The van der Waals surface area contributed by atoms with Gasteiger partial charge in [0.25, 0.3) is 5.91 Å². The molecule has 0 aliphatic heterocycles. The van der Waals surface area contributed by atoms with Gasteiger partial charge in [-0.2, -0.15) is 0 Å². The summed E-state index contributed by atoms with van der Waals surface area (Å²) in [5, 5.41) is 0. The van der Waals surface area contributed by atoms with Crippen LogP contribution in [0.25, 0.3) is 0 Å². The van der Waals surface area contributed by atoms with Crippen LogP contribution in [0.1, 0.15) is 29.8 Å². The van der Waals surface area contributed by atoms with Gasteiger partial charge in [-0.25, -0.2) is 0 Å². The third-order valence-corrected chi connectivity index (χ3v) is 2.85. The molecule has 0 aliphatic rings. The number of nitrogens with two attached hydrogens (primary N) is 2. The predicted molar refractivity (Wildman–Crippen MR) is 82.3 cm³/mol. The van der Waals surface area contributed by atoms with Crippen molar-refractivity contribution in [3.8, 4) is 0 Å². The van der Waals surface area contributed by atoms with E-state index in [2.05, 4.69) is 0 Å². The van der Waals surface area contributed by atoms with Gasteiger partial charge in [0.05, 0.1) is 6.54 Å². The Bertz CT molecular complexity index is 529. The third kappa shape index (κ3) is 4.62. The predicted octanol–water partition coefficient (Wildman–Crippen LogP) is 0.904. The summed E-state index contributed by atoms with van der Waals surface area (Å²) in [4.78, 5) is 25.2. The minimum atomic E-state index is -0.537. The topological polar surface area (TPSA) is 89.4 Å². The highest BCUT2D eigenvalue weighted by molar-refractivity contribution is 7.80. The molecule has 2 amide bonds. The Balaban J connectivity index is 3.01. The van der Waals surface area contributed by atoms with Gasteiger partial charge in [0.15, 0.2) is 0 Å². The molecule has 0 saturated carbocycles. The van der Waals surface area contributed by atoms with E-state index >= 15 is 0 Å². The average molecular weight is 293 g/mol. The molecule has 0 aromatic heterocycles. The van der Waals surface area contributed by atoms with Crippen LogP contribution in [-0.2, 0) is 4.79 Å². The van der Waals surface area contributed by atoms with Crippen LogP contribution in [0.15, 0.2) is 24.3 Å². The molecule has 0 unspecified atom stereocenters. The van der Waals surface area contributed by atoms with Crippen LogP contribution in [0.5, 0.6) is 0 Å². The van der Waals surface area contributed by atoms with Crippen molar-refractivity contribution >= 4 is 29.0 Å². The first-order valence-electron chi connectivity index (χ1n) is 6.28. The summed E-state index contributed by atoms with van der Waals surface area (Å²) in [6.45, 7) is 4.28. The van der Waals surface area contributed by atoms with Crippen molar-refractivity contribution in [3.05, 3.63) is 35.4 Å². The van der Waals surface area contributed by atoms with Gasteiger partial charge in [-0.3, -0.25) is 9.59 Å². The standard InChI is InChI=1S/C14H19N3O2S/c1-9(2)7-17(8-12(15)18)14(19)11-5-3-4-10(6-11)13(16)20/h3-6,9H,7-8H2,1-2H3,(H2,15,18)(H2,16,20). The van der Waals surface area contributed by atoms with E-state index in [0.717, 1.165) is 0 Å². The minimum Gasteiger partial charge on any atom is -0.389 e. The highest BCUT2D eigenvalue weighted by Crippen LogP contribution is 2.10. The quantitative estimate of drug-likeness (QED) is 0.763. The second-order valence-electron chi connectivity index (χ2n) is 4.99. The Hall–Kier alpha value is -1.95. The summed E-state index contributed by atoms with van der Waals surface area (Å²) in [6, 6.07) is 6.73. The van der Waals surface area contributed by atoms with E-state index in [1.54, 1.807) is 24.3 Å². The van der Waals surface area contributed by atoms with Crippen LogP contribution in [0.3, 0.4) is 0 Å². The van der Waals surface area contributed by atoms with Gasteiger partial charge < -0.3 is 16.4 Å². The number of rotatable bonds is 6. The van der Waals surface area contributed by atoms with E-state index in [1.807, 2.05) is 13.8 Å². The average Bonchev–Trinajstić information content (AvgIpc) is 2.36. The Morgan fingerprint density at radius 3 is 2.35 bits per heavy atom. The number of amides is 2. The van der Waals surface area contributed by atoms with Gasteiger partial charge in [0.2, 0.25) is 5.91 Å². The van der Waals surface area contributed by atoms with Crippen molar-refractivity contribution in [2.45, 2.75) is 13.8 Å². The van der Waals surface area contributed by atoms with E-state index in [1.165, 1.54) is 4.90 Å². The van der Waals surface area contributed by atoms with E-state index in [-0.39, 0.29) is 23.4 Å². The lowest BCUT2D eigenvalue weighted by atomic mass is 10.1. The van der Waals surface area contributed by atoms with Crippen LogP contribution in [0, 0.1) is 5.92 Å². The summed E-state index contributed by atoms with van der Waals surface area (Å²) >= 11 is 4.89. The van der Waals surface area contributed by atoms with E-state index in [9.17, 15) is 9.59 Å². The van der Waals surface area contributed by atoms with Crippen LogP contribution < -0.4 is 11.5 Å². The molecule has 0 aliphatic carbocycles. The SMILES string of the molecule is CC(C)CN(CC(N)=O)C(=O)c1cccc(C(N)=S)c1. The van der Waals surface area contributed by atoms with Gasteiger partial charge >= 0.3 is 0 Å². The second-order valence-corrected chi connectivity index (χ2v) is 5.43. The number of benzene rings is 1. The van der Waals surface area contributed by atoms with Gasteiger partial charge in [-0.05, 0) is 18.1 Å². The molecule has 1 aromatic carbocycles. The first-order chi connectivity index (χ1) is 9.31. The summed E-state index contributed by atoms with van der Waals surface area (Å²) in [6.07, 6.45) is 0. The zero-order valence-electron chi connectivity index (χ0n) is 11.6. The number of carbonyl (C=O) groups is 2. The summed E-state index contributed by atoms with van der Waals surface area (Å²) in [5.74, 6) is -0.558. The Kier molecular flexibility index (Phi) is 5.64. The molecule has 20 heavy (non-hydrogen) atoms. The number of thiocarbonyl (C=S) groups is 1. The Morgan fingerprint density at radius 2 is 1.85 bits per heavy atom. The maximum atomic E-state index is 12.4. The summed E-state index contributed by atoms with van der Waals surface area (Å²) in [5.41, 5.74) is 11.8. The van der Waals surface area contributed by atoms with Crippen molar-refractivity contribution < 1.29 is 9.59 Å². The fraction of sp³-hybridized carbons (Fsp3) is 0.357. The summed E-state index contributed by atoms with van der Waals surface area (Å²) in [7, 11) is 0. The van der Waals surface area contributed by atoms with Crippen molar-refractivity contribution in [2.75, 3.05) is 13.1 Å². The van der Waals surface area contributed by atoms with Crippen molar-refractivity contribution in [1.82, 2.24) is 4.90 Å². The zero-order chi connectivity index (χ0) is 15.3. The molecular weight excluding hydrogens is 274 g/mol. The zero-order valence-corrected chi connectivity index (χ0v) is 12.4. The first-order valence-corrected chi connectivity index (χ1v) is 6.69. The molecule has 0 bridgehead atoms. The maximum absolute atomic E-state index is 12.4. The van der Waals surface area contributed by atoms with Gasteiger partial charge in [0.1, 0.15) is 4.99 Å². The lowest BCUT2D eigenvalue weighted by Crippen LogP contribution is -2.40. The van der Waals surface area contributed by atoms with E-state index in [0.29, 0.717) is 17.7 Å². The van der Waals surface area contributed by atoms with Gasteiger partial charge in [-0.1, -0.05) is 38.2 Å². The largest absolute Gasteiger partial charge is 0.389 e. The molecule has 0 atom stereocenters. The van der Waals surface area contributed by atoms with Crippen molar-refractivity contribution in [1.29, 1.82) is 0 Å². The van der Waals surface area contributed by atoms with Crippen LogP contribution in [0.4, 0.5) is 0 Å². The van der Waals surface area contributed by atoms with Crippen molar-refractivity contribution in [2.24, 2.45) is 17.4 Å². The Labute approximate surface area is 123 Å². The van der Waals surface area contributed by atoms with Crippen LogP contribution in [0.2, 0.25) is 0 Å². The summed E-state index contributed by atoms with van der Waals surface area (Å²) < 4.78 is 0. The van der Waals surface area contributed by atoms with Crippen molar-refractivity contribution in [3.63, 3.8) is 0 Å². The lowest BCUT2D eigenvalue weighted by Gasteiger charge is -2.23. The highest BCUT2D eigenvalue weighted by Gasteiger charge is 2.19. The molecule has 1 aromatic rings. The third-order valence-electron chi connectivity index (χ3n) is 2.61. The first kappa shape index (κ1) is 16.1. The highest BCUT2D eigenvalue weighted by atomic mass is 32.1. The fourth-order valence-electron chi connectivity index (χ4n) is 1.84. The molecule has 6 heteroatoms. The monoisotopic (exact) mass is 293 g/mol. The van der Waals surface area contributed by atoms with E-state index in [4.69, 9.17) is 23.7 Å². The Morgan fingerprint density at radius 1 is 1.25 bits per heavy atom. The smallest absolute Gasteiger partial charge is 0.254 e. The lowest BCUT2D eigenvalue weighted by molar-refractivity contribution is -0.118. The van der Waals surface area contributed by atoms with Crippen LogP contribution in [-0.4, -0.2) is 34.8 Å². The molecule has 0 fully saturated rings. The molecule has 108 valence electrons. The number of carbonyl (C=O) groups excluding carboxylic acids is 2. The second kappa shape index (κ2) is 7.00. The molecule has 0 radical (unpaired) electrons. The molecular formula is C14H19N3O2S. The normalized spacial score (nSPS) is 10.3. The van der Waals surface area contributed by atoms with E-state index < -0.39 is 5.91 Å². The fourth-order valence-corrected chi connectivity index (χ4v) is 1.96. The number of primary amides is 1. The maximum Gasteiger partial charge on any atom is 0.254 e. The molecule has 5 nitrogen and oxygen atoms in total.